The van der Waals surface area contributed by atoms with Crippen LogP contribution in [0.5, 0.6) is 5.75 Å². The Bertz CT molecular complexity index is 858. The van der Waals surface area contributed by atoms with Gasteiger partial charge in [-0.25, -0.2) is 0 Å². The molecule has 2 amide bonds. The molecular weight excluding hydrogens is 320 g/mol. The van der Waals surface area contributed by atoms with Crippen LogP contribution in [0.2, 0.25) is 0 Å². The van der Waals surface area contributed by atoms with E-state index in [1.54, 1.807) is 31.2 Å². The van der Waals surface area contributed by atoms with Gasteiger partial charge in [-0.2, -0.15) is 0 Å². The Hall–Kier alpha value is -3.15. The molecule has 1 heterocycles. The fraction of sp³-hybridized carbons (Fsp3) is 0.211. The zero-order chi connectivity index (χ0) is 18.1. The van der Waals surface area contributed by atoms with Crippen LogP contribution in [0, 0.1) is 6.92 Å². The monoisotopic (exact) mass is 338 g/mol. The van der Waals surface area contributed by atoms with E-state index in [1.807, 2.05) is 13.0 Å². The van der Waals surface area contributed by atoms with E-state index in [9.17, 15) is 19.5 Å². The Labute approximate surface area is 145 Å². The topological polar surface area (TPSA) is 86.7 Å². The number of aryl methyl sites for hydroxylation is 1. The van der Waals surface area contributed by atoms with E-state index in [2.05, 4.69) is 5.32 Å². The normalized spacial score (nSPS) is 14.4. The van der Waals surface area contributed by atoms with Gasteiger partial charge in [0.2, 0.25) is 5.91 Å². The van der Waals surface area contributed by atoms with Crippen molar-refractivity contribution in [1.29, 1.82) is 0 Å². The fourth-order valence-electron chi connectivity index (χ4n) is 2.94. The van der Waals surface area contributed by atoms with Gasteiger partial charge in [0.25, 0.3) is 11.7 Å². The number of nitrogens with zero attached hydrogens (tertiary/aromatic N) is 1. The first kappa shape index (κ1) is 16.7. The highest BCUT2D eigenvalue weighted by Gasteiger charge is 2.41. The first-order chi connectivity index (χ1) is 11.9. The number of phenols is 1. The number of phenolic OH excluding ortho intramolecular Hbond substituents is 1. The Morgan fingerprint density at radius 3 is 2.48 bits per heavy atom. The lowest BCUT2D eigenvalue weighted by molar-refractivity contribution is -0.121. The van der Waals surface area contributed by atoms with Gasteiger partial charge in [-0.1, -0.05) is 18.6 Å². The fourth-order valence-corrected chi connectivity index (χ4v) is 2.94. The molecular formula is C19H18N2O4. The summed E-state index contributed by atoms with van der Waals surface area (Å²) in [6, 6.07) is 10.4. The van der Waals surface area contributed by atoms with E-state index < -0.39 is 17.7 Å². The summed E-state index contributed by atoms with van der Waals surface area (Å²) < 4.78 is 0. The first-order valence-electron chi connectivity index (χ1n) is 8.00. The number of aromatic hydroxyl groups is 1. The van der Waals surface area contributed by atoms with Crippen molar-refractivity contribution < 1.29 is 19.5 Å². The summed E-state index contributed by atoms with van der Waals surface area (Å²) >= 11 is 0. The molecule has 0 aromatic heterocycles. The number of Topliss-reactive ketones (excluding diaryl/α,β-unsaturated/α-hetero) is 1. The Kier molecular flexibility index (Phi) is 4.27. The third-order valence-corrected chi connectivity index (χ3v) is 4.21. The van der Waals surface area contributed by atoms with Crippen molar-refractivity contribution in [3.63, 3.8) is 0 Å². The van der Waals surface area contributed by atoms with Crippen LogP contribution in [-0.4, -0.2) is 28.7 Å². The highest BCUT2D eigenvalue weighted by atomic mass is 16.3. The second-order valence-electron chi connectivity index (χ2n) is 5.99. The maximum atomic E-state index is 12.7. The standard InChI is InChI=1S/C19H18N2O4/c1-3-15(18(24)20-12-5-7-13(22)8-6-12)21-16-9-4-11(2)10-14(16)17(23)19(21)25/h4-10,15,22H,3H2,1-2H3,(H,20,24). The van der Waals surface area contributed by atoms with Crippen LogP contribution < -0.4 is 10.2 Å². The lowest BCUT2D eigenvalue weighted by Crippen LogP contribution is -2.46. The number of nitrogens with one attached hydrogen (secondary N) is 1. The number of amides is 2. The quantitative estimate of drug-likeness (QED) is 0.663. The molecule has 0 radical (unpaired) electrons. The molecule has 0 bridgehead atoms. The third kappa shape index (κ3) is 2.98. The molecule has 1 unspecified atom stereocenters. The highest BCUT2D eigenvalue weighted by molar-refractivity contribution is 6.53. The largest absolute Gasteiger partial charge is 0.508 e. The number of anilines is 2. The average molecular weight is 338 g/mol. The van der Waals surface area contributed by atoms with Crippen LogP contribution in [0.3, 0.4) is 0 Å². The molecule has 1 atom stereocenters. The van der Waals surface area contributed by atoms with Crippen molar-refractivity contribution in [3.8, 4) is 5.75 Å². The molecule has 3 rings (SSSR count). The van der Waals surface area contributed by atoms with Gasteiger partial charge in [0.1, 0.15) is 11.8 Å². The molecule has 0 fully saturated rings. The Morgan fingerprint density at radius 2 is 1.84 bits per heavy atom. The lowest BCUT2D eigenvalue weighted by Gasteiger charge is -2.26. The predicted molar refractivity (Wildman–Crippen MR) is 93.8 cm³/mol. The van der Waals surface area contributed by atoms with Crippen LogP contribution in [0.1, 0.15) is 29.3 Å². The van der Waals surface area contributed by atoms with Crippen LogP contribution in [-0.2, 0) is 9.59 Å². The lowest BCUT2D eigenvalue weighted by atomic mass is 10.1. The molecule has 1 aliphatic rings. The number of fused-ring (bicyclic) bond motifs is 1. The van der Waals surface area contributed by atoms with Gasteiger partial charge in [-0.05, 0) is 49.7 Å². The van der Waals surface area contributed by atoms with E-state index in [0.717, 1.165) is 5.56 Å². The minimum Gasteiger partial charge on any atom is -0.508 e. The zero-order valence-corrected chi connectivity index (χ0v) is 13.9. The molecule has 6 nitrogen and oxygen atoms in total. The molecule has 2 N–H and O–H groups in total. The number of hydrogen-bond donors (Lipinski definition) is 2. The van der Waals surface area contributed by atoms with Crippen LogP contribution in [0.4, 0.5) is 11.4 Å². The second-order valence-corrected chi connectivity index (χ2v) is 5.99. The molecule has 0 saturated heterocycles. The molecule has 2 aromatic carbocycles. The minimum atomic E-state index is -0.797. The second kappa shape index (κ2) is 6.39. The molecule has 0 aliphatic carbocycles. The average Bonchev–Trinajstić information content (AvgIpc) is 2.83. The SMILES string of the molecule is CCC(C(=O)Nc1ccc(O)cc1)N1C(=O)C(=O)c2cc(C)ccc21. The number of carbonyl (C=O) groups is 3. The summed E-state index contributed by atoms with van der Waals surface area (Å²) in [7, 11) is 0. The van der Waals surface area contributed by atoms with Gasteiger partial charge in [0, 0.05) is 5.69 Å². The molecule has 0 spiro atoms. The van der Waals surface area contributed by atoms with Crippen molar-refractivity contribution in [2.45, 2.75) is 26.3 Å². The number of carbonyl (C=O) groups excluding carboxylic acids is 3. The Morgan fingerprint density at radius 1 is 1.16 bits per heavy atom. The molecule has 2 aromatic rings. The number of hydrogen-bond acceptors (Lipinski definition) is 4. The molecule has 6 heteroatoms. The van der Waals surface area contributed by atoms with Gasteiger partial charge in [0.05, 0.1) is 11.3 Å². The summed E-state index contributed by atoms with van der Waals surface area (Å²) in [6.45, 7) is 3.63. The zero-order valence-electron chi connectivity index (χ0n) is 13.9. The molecule has 128 valence electrons. The molecule has 25 heavy (non-hydrogen) atoms. The van der Waals surface area contributed by atoms with Gasteiger partial charge in [0.15, 0.2) is 0 Å². The van der Waals surface area contributed by atoms with Crippen molar-refractivity contribution in [2.75, 3.05) is 10.2 Å². The van der Waals surface area contributed by atoms with Crippen LogP contribution in [0.25, 0.3) is 0 Å². The van der Waals surface area contributed by atoms with Crippen LogP contribution >= 0.6 is 0 Å². The van der Waals surface area contributed by atoms with Crippen molar-refractivity contribution in [3.05, 3.63) is 53.6 Å². The Balaban J connectivity index is 1.90. The van der Waals surface area contributed by atoms with E-state index in [-0.39, 0.29) is 11.7 Å². The maximum absolute atomic E-state index is 12.7. The molecule has 0 saturated carbocycles. The van der Waals surface area contributed by atoms with Crippen molar-refractivity contribution in [1.82, 2.24) is 0 Å². The summed E-state index contributed by atoms with van der Waals surface area (Å²) in [5.74, 6) is -1.57. The predicted octanol–water partition coefficient (Wildman–Crippen LogP) is 2.65. The van der Waals surface area contributed by atoms with E-state index >= 15 is 0 Å². The van der Waals surface area contributed by atoms with E-state index in [1.165, 1.54) is 17.0 Å². The summed E-state index contributed by atoms with van der Waals surface area (Å²) in [5.41, 5.74) is 2.18. The number of rotatable bonds is 4. The third-order valence-electron chi connectivity index (χ3n) is 4.21. The molecule has 1 aliphatic heterocycles. The number of benzene rings is 2. The first-order valence-corrected chi connectivity index (χ1v) is 8.00. The van der Waals surface area contributed by atoms with Crippen molar-refractivity contribution >= 4 is 29.0 Å². The van der Waals surface area contributed by atoms with E-state index in [0.29, 0.717) is 23.4 Å². The van der Waals surface area contributed by atoms with Crippen molar-refractivity contribution in [2.24, 2.45) is 0 Å². The summed E-state index contributed by atoms with van der Waals surface area (Å²) in [6.07, 6.45) is 0.357. The minimum absolute atomic E-state index is 0.0923. The maximum Gasteiger partial charge on any atom is 0.300 e. The summed E-state index contributed by atoms with van der Waals surface area (Å²) in [4.78, 5) is 38.6. The highest BCUT2D eigenvalue weighted by Crippen LogP contribution is 2.32. The van der Waals surface area contributed by atoms with E-state index in [4.69, 9.17) is 0 Å². The number of ketones is 1. The van der Waals surface area contributed by atoms with Gasteiger partial charge >= 0.3 is 0 Å². The van der Waals surface area contributed by atoms with Gasteiger partial charge < -0.3 is 10.4 Å². The van der Waals surface area contributed by atoms with Gasteiger partial charge in [-0.3, -0.25) is 19.3 Å². The smallest absolute Gasteiger partial charge is 0.300 e. The van der Waals surface area contributed by atoms with Gasteiger partial charge in [-0.15, -0.1) is 0 Å². The summed E-state index contributed by atoms with van der Waals surface area (Å²) in [5, 5.41) is 12.0. The van der Waals surface area contributed by atoms with Crippen LogP contribution in [0.15, 0.2) is 42.5 Å².